The molecule has 2 N–H and O–H groups in total. The van der Waals surface area contributed by atoms with Crippen molar-refractivity contribution in [3.05, 3.63) is 35.4 Å². The summed E-state index contributed by atoms with van der Waals surface area (Å²) in [6, 6.07) is 6.00. The summed E-state index contributed by atoms with van der Waals surface area (Å²) in [7, 11) is 6.71. The van der Waals surface area contributed by atoms with Crippen LogP contribution < -0.4 is 20.1 Å². The van der Waals surface area contributed by atoms with E-state index < -0.39 is 0 Å². The van der Waals surface area contributed by atoms with Gasteiger partial charge in [0.15, 0.2) is 11.8 Å². The van der Waals surface area contributed by atoms with Crippen LogP contribution in [0.5, 0.6) is 11.5 Å². The number of aryl methyl sites for hydroxylation is 1. The fourth-order valence-electron chi connectivity index (χ4n) is 3.23. The highest BCUT2D eigenvalue weighted by molar-refractivity contribution is 5.80. The van der Waals surface area contributed by atoms with Crippen molar-refractivity contribution in [2.45, 2.75) is 38.6 Å². The molecule has 28 heavy (non-hydrogen) atoms. The average Bonchev–Trinajstić information content (AvgIpc) is 3.12. The molecule has 0 fully saturated rings. The van der Waals surface area contributed by atoms with Gasteiger partial charge in [0.2, 0.25) is 0 Å². The van der Waals surface area contributed by atoms with E-state index in [9.17, 15) is 0 Å². The molecule has 9 nitrogen and oxygen atoms in total. The zero-order valence-electron chi connectivity index (χ0n) is 16.9. The van der Waals surface area contributed by atoms with Crippen LogP contribution in [0.25, 0.3) is 0 Å². The van der Waals surface area contributed by atoms with Gasteiger partial charge < -0.3 is 24.8 Å². The molecule has 3 rings (SSSR count). The molecule has 0 saturated carbocycles. The van der Waals surface area contributed by atoms with Crippen molar-refractivity contribution in [2.75, 3.05) is 28.4 Å². The van der Waals surface area contributed by atoms with Gasteiger partial charge in [-0.1, -0.05) is 0 Å². The summed E-state index contributed by atoms with van der Waals surface area (Å²) in [4.78, 5) is 8.85. The number of guanidine groups is 1. The Balaban J connectivity index is 1.58. The maximum atomic E-state index is 5.46. The van der Waals surface area contributed by atoms with Gasteiger partial charge in [-0.05, 0) is 18.6 Å². The van der Waals surface area contributed by atoms with Crippen molar-refractivity contribution in [2.24, 2.45) is 4.99 Å². The zero-order valence-corrected chi connectivity index (χ0v) is 16.9. The molecule has 2 heterocycles. The minimum absolute atomic E-state index is 0.230. The monoisotopic (exact) mass is 388 g/mol. The van der Waals surface area contributed by atoms with Crippen LogP contribution >= 0.6 is 0 Å². The summed E-state index contributed by atoms with van der Waals surface area (Å²) in [5.41, 5.74) is 1.03. The molecule has 0 saturated heterocycles. The van der Waals surface area contributed by atoms with Gasteiger partial charge in [-0.3, -0.25) is 4.99 Å². The van der Waals surface area contributed by atoms with Crippen LogP contribution in [0.1, 0.15) is 23.6 Å². The van der Waals surface area contributed by atoms with Crippen molar-refractivity contribution in [3.8, 4) is 11.5 Å². The van der Waals surface area contributed by atoms with Crippen molar-refractivity contribution < 1.29 is 14.2 Å². The second kappa shape index (κ2) is 9.41. The lowest BCUT2D eigenvalue weighted by Gasteiger charge is -2.25. The first-order valence-corrected chi connectivity index (χ1v) is 9.26. The molecular formula is C19H28N6O3. The molecule has 1 aliphatic heterocycles. The molecule has 1 aromatic heterocycles. The number of hydrogen-bond acceptors (Lipinski definition) is 6. The molecule has 1 aromatic carbocycles. The minimum Gasteiger partial charge on any atom is -0.497 e. The summed E-state index contributed by atoms with van der Waals surface area (Å²) >= 11 is 0. The van der Waals surface area contributed by atoms with Gasteiger partial charge in [0.1, 0.15) is 23.9 Å². The van der Waals surface area contributed by atoms with E-state index in [-0.39, 0.29) is 6.04 Å². The Morgan fingerprint density at radius 2 is 2.14 bits per heavy atom. The summed E-state index contributed by atoms with van der Waals surface area (Å²) in [5, 5.41) is 11.3. The summed E-state index contributed by atoms with van der Waals surface area (Å²) < 4.78 is 17.8. The number of nitrogens with zero attached hydrogens (tertiary/aromatic N) is 4. The van der Waals surface area contributed by atoms with E-state index in [1.54, 1.807) is 28.4 Å². The number of fused-ring (bicyclic) bond motifs is 1. The molecule has 2 aromatic rings. The molecule has 0 spiro atoms. The fourth-order valence-corrected chi connectivity index (χ4v) is 3.23. The highest BCUT2D eigenvalue weighted by atomic mass is 16.5. The van der Waals surface area contributed by atoms with E-state index in [1.807, 2.05) is 22.9 Å². The first kappa shape index (κ1) is 19.9. The van der Waals surface area contributed by atoms with E-state index in [0.717, 1.165) is 54.1 Å². The molecule has 0 aliphatic carbocycles. The van der Waals surface area contributed by atoms with Crippen LogP contribution in [0.4, 0.5) is 0 Å². The molecule has 0 amide bonds. The second-order valence-electron chi connectivity index (χ2n) is 6.54. The van der Waals surface area contributed by atoms with Gasteiger partial charge in [-0.15, -0.1) is 0 Å². The predicted octanol–water partition coefficient (Wildman–Crippen LogP) is 1.12. The third kappa shape index (κ3) is 4.72. The predicted molar refractivity (Wildman–Crippen MR) is 106 cm³/mol. The lowest BCUT2D eigenvalue weighted by atomic mass is 10.1. The van der Waals surface area contributed by atoms with Gasteiger partial charge in [-0.25, -0.2) is 9.67 Å². The van der Waals surface area contributed by atoms with Crippen LogP contribution in [0.3, 0.4) is 0 Å². The third-order valence-electron chi connectivity index (χ3n) is 4.68. The van der Waals surface area contributed by atoms with Gasteiger partial charge in [-0.2, -0.15) is 5.10 Å². The summed E-state index contributed by atoms with van der Waals surface area (Å²) in [6.07, 6.45) is 1.84. The van der Waals surface area contributed by atoms with Crippen molar-refractivity contribution >= 4 is 5.96 Å². The van der Waals surface area contributed by atoms with E-state index in [2.05, 4.69) is 25.7 Å². The van der Waals surface area contributed by atoms with E-state index in [0.29, 0.717) is 13.2 Å². The Labute approximate surface area is 165 Å². The number of rotatable bonds is 7. The third-order valence-corrected chi connectivity index (χ3v) is 4.68. The molecular weight excluding hydrogens is 360 g/mol. The van der Waals surface area contributed by atoms with Gasteiger partial charge in [0.25, 0.3) is 0 Å². The number of methoxy groups -OCH3 is 3. The highest BCUT2D eigenvalue weighted by Gasteiger charge is 2.22. The topological polar surface area (TPSA) is 94.8 Å². The quantitative estimate of drug-likeness (QED) is 0.542. The average molecular weight is 388 g/mol. The largest absolute Gasteiger partial charge is 0.497 e. The molecule has 1 atom stereocenters. The lowest BCUT2D eigenvalue weighted by molar-refractivity contribution is 0.177. The minimum atomic E-state index is 0.230. The summed E-state index contributed by atoms with van der Waals surface area (Å²) in [5.74, 6) is 4.02. The fraction of sp³-hybridized carbons (Fsp3) is 0.526. The van der Waals surface area contributed by atoms with Crippen LogP contribution in [0, 0.1) is 0 Å². The first-order valence-electron chi connectivity index (χ1n) is 9.26. The molecule has 1 unspecified atom stereocenters. The van der Waals surface area contributed by atoms with Crippen molar-refractivity contribution in [1.82, 2.24) is 25.4 Å². The van der Waals surface area contributed by atoms with E-state index in [4.69, 9.17) is 14.2 Å². The molecule has 9 heteroatoms. The van der Waals surface area contributed by atoms with Crippen molar-refractivity contribution in [3.63, 3.8) is 0 Å². The Hall–Kier alpha value is -2.81. The lowest BCUT2D eigenvalue weighted by Crippen LogP contribution is -2.46. The Bertz CT molecular complexity index is 820. The maximum Gasteiger partial charge on any atom is 0.191 e. The number of nitrogens with one attached hydrogen (secondary N) is 2. The van der Waals surface area contributed by atoms with E-state index in [1.165, 1.54) is 0 Å². The second-order valence-corrected chi connectivity index (χ2v) is 6.54. The van der Waals surface area contributed by atoms with Gasteiger partial charge in [0.05, 0.1) is 20.8 Å². The Kier molecular flexibility index (Phi) is 6.70. The van der Waals surface area contributed by atoms with E-state index >= 15 is 0 Å². The SMILES string of the molecule is CN=C(NCc1ccc(OC)cc1OC)NC1CCc2nc(COC)nn2C1. The van der Waals surface area contributed by atoms with Gasteiger partial charge in [0, 0.05) is 44.8 Å². The number of benzene rings is 1. The standard InChI is InChI=1S/C19H28N6O3/c1-20-19(21-10-13-5-7-15(27-3)9-16(13)28-4)22-14-6-8-18-23-17(12-26-2)24-25(18)11-14/h5,7,9,14H,6,8,10-12H2,1-4H3,(H2,20,21,22). The zero-order chi connectivity index (χ0) is 19.9. The molecule has 0 radical (unpaired) electrons. The van der Waals surface area contributed by atoms with Crippen LogP contribution in [0.15, 0.2) is 23.2 Å². The smallest absolute Gasteiger partial charge is 0.191 e. The van der Waals surface area contributed by atoms with Gasteiger partial charge >= 0.3 is 0 Å². The molecule has 152 valence electrons. The number of aromatic nitrogens is 3. The highest BCUT2D eigenvalue weighted by Crippen LogP contribution is 2.24. The Morgan fingerprint density at radius 1 is 1.29 bits per heavy atom. The van der Waals surface area contributed by atoms with Crippen LogP contribution in [-0.4, -0.2) is 55.1 Å². The Morgan fingerprint density at radius 3 is 2.86 bits per heavy atom. The number of ether oxygens (including phenoxy) is 3. The number of hydrogen-bond donors (Lipinski definition) is 2. The van der Waals surface area contributed by atoms with Crippen LogP contribution in [-0.2, 0) is 30.9 Å². The number of aliphatic imine (C=N–C) groups is 1. The summed E-state index contributed by atoms with van der Waals surface area (Å²) in [6.45, 7) is 1.77. The first-order chi connectivity index (χ1) is 13.7. The van der Waals surface area contributed by atoms with Crippen LogP contribution in [0.2, 0.25) is 0 Å². The van der Waals surface area contributed by atoms with Crippen molar-refractivity contribution in [1.29, 1.82) is 0 Å². The normalized spacial score (nSPS) is 16.4. The molecule has 1 aliphatic rings. The maximum absolute atomic E-state index is 5.46. The molecule has 0 bridgehead atoms.